The first-order valence-electron chi connectivity index (χ1n) is 7.77. The zero-order valence-corrected chi connectivity index (χ0v) is 12.6. The van der Waals surface area contributed by atoms with Crippen LogP contribution in [0.25, 0.3) is 0 Å². The summed E-state index contributed by atoms with van der Waals surface area (Å²) < 4.78 is 0. The fourth-order valence-electron chi connectivity index (χ4n) is 3.39. The highest BCUT2D eigenvalue weighted by Crippen LogP contribution is 2.39. The van der Waals surface area contributed by atoms with E-state index in [0.717, 1.165) is 25.7 Å². The molecule has 2 rings (SSSR count). The minimum absolute atomic E-state index is 0.0138. The van der Waals surface area contributed by atoms with Crippen LogP contribution in [-0.2, 0) is 14.4 Å². The van der Waals surface area contributed by atoms with Crippen LogP contribution < -0.4 is 5.32 Å². The molecule has 0 aromatic rings. The number of carboxylic acid groups (broad SMARTS) is 1. The molecule has 1 saturated carbocycles. The second kappa shape index (κ2) is 6.45. The van der Waals surface area contributed by atoms with Crippen LogP contribution in [0, 0.1) is 5.41 Å². The van der Waals surface area contributed by atoms with Crippen molar-refractivity contribution in [3.05, 3.63) is 0 Å². The fourth-order valence-corrected chi connectivity index (χ4v) is 3.39. The maximum Gasteiger partial charge on any atom is 0.310 e. The molecule has 2 aliphatic rings. The molecule has 6 nitrogen and oxygen atoms in total. The molecular weight excluding hydrogens is 272 g/mol. The van der Waals surface area contributed by atoms with Gasteiger partial charge >= 0.3 is 5.97 Å². The molecule has 1 aliphatic heterocycles. The number of nitrogens with zero attached hydrogens (tertiary/aromatic N) is 1. The molecule has 1 atom stereocenters. The Kier molecular flexibility index (Phi) is 4.85. The van der Waals surface area contributed by atoms with Crippen LogP contribution in [0.4, 0.5) is 0 Å². The predicted molar refractivity (Wildman–Crippen MR) is 76.6 cm³/mol. The third-order valence-electron chi connectivity index (χ3n) is 4.82. The summed E-state index contributed by atoms with van der Waals surface area (Å²) in [6.45, 7) is 2.59. The van der Waals surface area contributed by atoms with Gasteiger partial charge < -0.3 is 15.3 Å². The Morgan fingerprint density at radius 1 is 1.29 bits per heavy atom. The van der Waals surface area contributed by atoms with Crippen molar-refractivity contribution in [2.45, 2.75) is 57.9 Å². The van der Waals surface area contributed by atoms with E-state index in [0.29, 0.717) is 25.9 Å². The molecule has 2 fully saturated rings. The Hall–Kier alpha value is -1.59. The lowest BCUT2D eigenvalue weighted by Crippen LogP contribution is -2.56. The Balaban J connectivity index is 2.10. The molecule has 2 amide bonds. The number of piperazine rings is 1. The van der Waals surface area contributed by atoms with E-state index in [1.54, 1.807) is 6.92 Å². The van der Waals surface area contributed by atoms with Crippen LogP contribution in [-0.4, -0.2) is 46.9 Å². The third kappa shape index (κ3) is 3.36. The normalized spacial score (nSPS) is 25.9. The van der Waals surface area contributed by atoms with E-state index >= 15 is 0 Å². The van der Waals surface area contributed by atoms with Crippen LogP contribution in [0.3, 0.4) is 0 Å². The topological polar surface area (TPSA) is 86.7 Å². The first kappa shape index (κ1) is 15.8. The summed E-state index contributed by atoms with van der Waals surface area (Å²) in [5.74, 6) is -1.24. The van der Waals surface area contributed by atoms with E-state index in [-0.39, 0.29) is 18.2 Å². The number of nitrogens with one attached hydrogen (secondary N) is 1. The summed E-state index contributed by atoms with van der Waals surface area (Å²) in [6, 6.07) is -0.511. The molecule has 1 heterocycles. The first-order valence-corrected chi connectivity index (χ1v) is 7.77. The molecule has 0 radical (unpaired) electrons. The smallest absolute Gasteiger partial charge is 0.310 e. The Labute approximate surface area is 124 Å². The van der Waals surface area contributed by atoms with E-state index in [2.05, 4.69) is 5.32 Å². The summed E-state index contributed by atoms with van der Waals surface area (Å²) in [4.78, 5) is 37.4. The van der Waals surface area contributed by atoms with Gasteiger partial charge in [0.25, 0.3) is 0 Å². The van der Waals surface area contributed by atoms with Crippen LogP contribution in [0.1, 0.15) is 51.9 Å². The Bertz CT molecular complexity index is 427. The minimum Gasteiger partial charge on any atom is -0.481 e. The standard InChI is InChI=1S/C15H24N2O4/c1-11-13(19)16-8-9-17(11)12(18)10-15(14(20)21)6-4-2-3-5-7-15/h11H,2-10H2,1H3,(H,16,19)(H,20,21). The number of carbonyl (C=O) groups excluding carboxylic acids is 2. The van der Waals surface area contributed by atoms with E-state index in [1.165, 1.54) is 4.90 Å². The van der Waals surface area contributed by atoms with Gasteiger partial charge in [-0.2, -0.15) is 0 Å². The summed E-state index contributed by atoms with van der Waals surface area (Å²) in [7, 11) is 0. The maximum absolute atomic E-state index is 12.5. The van der Waals surface area contributed by atoms with Gasteiger partial charge in [0.15, 0.2) is 0 Å². The van der Waals surface area contributed by atoms with E-state index in [9.17, 15) is 19.5 Å². The second-order valence-corrected chi connectivity index (χ2v) is 6.23. The first-order chi connectivity index (χ1) is 9.96. The van der Waals surface area contributed by atoms with Crippen LogP contribution in [0.5, 0.6) is 0 Å². The van der Waals surface area contributed by atoms with Gasteiger partial charge in [-0.25, -0.2) is 0 Å². The van der Waals surface area contributed by atoms with Gasteiger partial charge in [-0.05, 0) is 19.8 Å². The van der Waals surface area contributed by atoms with Crippen molar-refractivity contribution >= 4 is 17.8 Å². The molecule has 0 spiro atoms. The summed E-state index contributed by atoms with van der Waals surface area (Å²) in [5.41, 5.74) is -0.943. The largest absolute Gasteiger partial charge is 0.481 e. The molecule has 0 aromatic heterocycles. The minimum atomic E-state index is -0.943. The number of carboxylic acids is 1. The van der Waals surface area contributed by atoms with Crippen LogP contribution in [0.15, 0.2) is 0 Å². The van der Waals surface area contributed by atoms with Crippen LogP contribution >= 0.6 is 0 Å². The highest BCUT2D eigenvalue weighted by atomic mass is 16.4. The molecule has 1 saturated heterocycles. The third-order valence-corrected chi connectivity index (χ3v) is 4.82. The number of hydrogen-bond acceptors (Lipinski definition) is 3. The fraction of sp³-hybridized carbons (Fsp3) is 0.800. The number of aliphatic carboxylic acids is 1. The van der Waals surface area contributed by atoms with Gasteiger partial charge in [0.05, 0.1) is 5.41 Å². The highest BCUT2D eigenvalue weighted by Gasteiger charge is 2.42. The molecule has 0 aromatic carbocycles. The van der Waals surface area contributed by atoms with Crippen molar-refractivity contribution in [3.63, 3.8) is 0 Å². The van der Waals surface area contributed by atoms with Gasteiger partial charge in [-0.1, -0.05) is 25.7 Å². The van der Waals surface area contributed by atoms with Crippen molar-refractivity contribution in [2.75, 3.05) is 13.1 Å². The predicted octanol–water partition coefficient (Wildman–Crippen LogP) is 1.15. The summed E-state index contributed by atoms with van der Waals surface area (Å²) in [6.07, 6.45) is 4.91. The van der Waals surface area contributed by atoms with Crippen molar-refractivity contribution in [2.24, 2.45) is 5.41 Å². The lowest BCUT2D eigenvalue weighted by atomic mass is 9.77. The van der Waals surface area contributed by atoms with Crippen molar-refractivity contribution in [1.82, 2.24) is 10.2 Å². The monoisotopic (exact) mass is 296 g/mol. The van der Waals surface area contributed by atoms with E-state index in [1.807, 2.05) is 0 Å². The van der Waals surface area contributed by atoms with Crippen molar-refractivity contribution in [1.29, 1.82) is 0 Å². The van der Waals surface area contributed by atoms with Crippen molar-refractivity contribution < 1.29 is 19.5 Å². The van der Waals surface area contributed by atoms with E-state index < -0.39 is 17.4 Å². The molecule has 0 bridgehead atoms. The van der Waals surface area contributed by atoms with Gasteiger partial charge in [-0.15, -0.1) is 0 Å². The Morgan fingerprint density at radius 3 is 2.48 bits per heavy atom. The quantitative estimate of drug-likeness (QED) is 0.765. The number of hydrogen-bond donors (Lipinski definition) is 2. The zero-order valence-electron chi connectivity index (χ0n) is 12.6. The van der Waals surface area contributed by atoms with Gasteiger partial charge in [0.1, 0.15) is 6.04 Å². The maximum atomic E-state index is 12.5. The average Bonchev–Trinajstić information content (AvgIpc) is 2.68. The van der Waals surface area contributed by atoms with Crippen LogP contribution in [0.2, 0.25) is 0 Å². The molecule has 2 N–H and O–H groups in total. The summed E-state index contributed by atoms with van der Waals surface area (Å²) >= 11 is 0. The molecule has 1 unspecified atom stereocenters. The number of carbonyl (C=O) groups is 3. The second-order valence-electron chi connectivity index (χ2n) is 6.23. The average molecular weight is 296 g/mol. The lowest BCUT2D eigenvalue weighted by molar-refractivity contribution is -0.156. The van der Waals surface area contributed by atoms with Gasteiger partial charge in [0.2, 0.25) is 11.8 Å². The molecule has 118 valence electrons. The molecular formula is C15H24N2O4. The summed E-state index contributed by atoms with van der Waals surface area (Å²) in [5, 5.41) is 12.3. The number of rotatable bonds is 3. The Morgan fingerprint density at radius 2 is 1.90 bits per heavy atom. The molecule has 1 aliphatic carbocycles. The van der Waals surface area contributed by atoms with Gasteiger partial charge in [0, 0.05) is 19.5 Å². The van der Waals surface area contributed by atoms with Crippen molar-refractivity contribution in [3.8, 4) is 0 Å². The molecule has 21 heavy (non-hydrogen) atoms. The SMILES string of the molecule is CC1C(=O)NCCN1C(=O)CC1(C(=O)O)CCCCCC1. The number of amides is 2. The van der Waals surface area contributed by atoms with Gasteiger partial charge in [-0.3, -0.25) is 14.4 Å². The zero-order chi connectivity index (χ0) is 15.5. The lowest BCUT2D eigenvalue weighted by Gasteiger charge is -2.36. The highest BCUT2D eigenvalue weighted by molar-refractivity contribution is 5.90. The van der Waals surface area contributed by atoms with E-state index in [4.69, 9.17) is 0 Å². The molecule has 6 heteroatoms.